The quantitative estimate of drug-likeness (QED) is 0.757. The molecule has 5 heteroatoms. The van der Waals surface area contributed by atoms with Crippen molar-refractivity contribution in [3.63, 3.8) is 0 Å². The van der Waals surface area contributed by atoms with E-state index in [4.69, 9.17) is 10.00 Å². The second kappa shape index (κ2) is 5.99. The highest BCUT2D eigenvalue weighted by Crippen LogP contribution is 2.16. The molecule has 5 nitrogen and oxygen atoms in total. The van der Waals surface area contributed by atoms with Crippen LogP contribution in [-0.4, -0.2) is 49.7 Å². The Morgan fingerprint density at radius 1 is 1.59 bits per heavy atom. The van der Waals surface area contributed by atoms with Crippen LogP contribution in [0.15, 0.2) is 0 Å². The number of ether oxygens (including phenoxy) is 1. The van der Waals surface area contributed by atoms with Crippen molar-refractivity contribution >= 4 is 5.91 Å². The number of carbonyl (C=O) groups excluding carboxylic acids is 1. The van der Waals surface area contributed by atoms with Crippen molar-refractivity contribution in [2.24, 2.45) is 5.92 Å². The molecule has 2 fully saturated rings. The molecule has 0 saturated carbocycles. The van der Waals surface area contributed by atoms with E-state index in [0.29, 0.717) is 32.0 Å². The minimum atomic E-state index is -0.444. The lowest BCUT2D eigenvalue weighted by atomic mass is 10.0. The van der Waals surface area contributed by atoms with Gasteiger partial charge < -0.3 is 15.0 Å². The molecule has 2 aliphatic heterocycles. The Kier molecular flexibility index (Phi) is 4.35. The zero-order valence-corrected chi connectivity index (χ0v) is 10.0. The molecular weight excluding hydrogens is 218 g/mol. The number of nitriles is 1. The molecule has 0 spiro atoms. The van der Waals surface area contributed by atoms with Crippen molar-refractivity contribution in [1.29, 1.82) is 5.26 Å². The Hall–Kier alpha value is -1.12. The molecule has 1 N–H and O–H groups in total. The first-order valence-corrected chi connectivity index (χ1v) is 6.29. The smallest absolute Gasteiger partial charge is 0.222 e. The van der Waals surface area contributed by atoms with Gasteiger partial charge in [0.05, 0.1) is 19.2 Å². The van der Waals surface area contributed by atoms with Crippen LogP contribution in [-0.2, 0) is 9.53 Å². The van der Waals surface area contributed by atoms with Crippen molar-refractivity contribution < 1.29 is 9.53 Å². The number of rotatable bonds is 3. The third-order valence-corrected chi connectivity index (χ3v) is 3.49. The number of morpholine rings is 1. The molecule has 0 aromatic heterocycles. The van der Waals surface area contributed by atoms with Gasteiger partial charge in [-0.1, -0.05) is 0 Å². The fraction of sp³-hybridized carbons (Fsp3) is 0.833. The van der Waals surface area contributed by atoms with E-state index in [9.17, 15) is 4.79 Å². The summed E-state index contributed by atoms with van der Waals surface area (Å²) < 4.78 is 5.22. The van der Waals surface area contributed by atoms with Gasteiger partial charge in [0.25, 0.3) is 0 Å². The van der Waals surface area contributed by atoms with Gasteiger partial charge in [0, 0.05) is 13.0 Å². The normalized spacial score (nSPS) is 29.0. The Morgan fingerprint density at radius 2 is 2.47 bits per heavy atom. The van der Waals surface area contributed by atoms with Crippen molar-refractivity contribution in [3.05, 3.63) is 0 Å². The van der Waals surface area contributed by atoms with Crippen LogP contribution in [0.3, 0.4) is 0 Å². The molecule has 2 heterocycles. The van der Waals surface area contributed by atoms with E-state index in [1.54, 1.807) is 4.90 Å². The molecule has 2 unspecified atom stereocenters. The van der Waals surface area contributed by atoms with Crippen molar-refractivity contribution in [1.82, 2.24) is 10.2 Å². The highest BCUT2D eigenvalue weighted by atomic mass is 16.5. The lowest BCUT2D eigenvalue weighted by Gasteiger charge is -2.30. The molecule has 1 amide bonds. The zero-order valence-electron chi connectivity index (χ0n) is 10.0. The standard InChI is InChI=1S/C12H19N3O2/c13-7-11-9-15(5-6-17-11)12(16)2-1-10-3-4-14-8-10/h10-11,14H,1-6,8-9H2. The Morgan fingerprint density at radius 3 is 3.18 bits per heavy atom. The van der Waals surface area contributed by atoms with Gasteiger partial charge in [0.2, 0.25) is 5.91 Å². The van der Waals surface area contributed by atoms with Crippen molar-refractivity contribution in [2.75, 3.05) is 32.8 Å². The van der Waals surface area contributed by atoms with Crippen LogP contribution in [0.1, 0.15) is 19.3 Å². The molecule has 17 heavy (non-hydrogen) atoms. The maximum absolute atomic E-state index is 12.0. The first-order valence-electron chi connectivity index (χ1n) is 6.29. The summed E-state index contributed by atoms with van der Waals surface area (Å²) >= 11 is 0. The summed E-state index contributed by atoms with van der Waals surface area (Å²) in [5.74, 6) is 0.812. The molecule has 0 aliphatic carbocycles. The molecular formula is C12H19N3O2. The van der Waals surface area contributed by atoms with Gasteiger partial charge in [-0.15, -0.1) is 0 Å². The SMILES string of the molecule is N#CC1CN(C(=O)CCC2CCNC2)CCO1. The predicted molar refractivity (Wildman–Crippen MR) is 62.1 cm³/mol. The van der Waals surface area contributed by atoms with Crippen LogP contribution in [0, 0.1) is 17.2 Å². The molecule has 2 rings (SSSR count). The van der Waals surface area contributed by atoms with Crippen molar-refractivity contribution in [2.45, 2.75) is 25.4 Å². The highest BCUT2D eigenvalue weighted by Gasteiger charge is 2.24. The number of amides is 1. The minimum absolute atomic E-state index is 0.167. The van der Waals surface area contributed by atoms with Crippen LogP contribution in [0.2, 0.25) is 0 Å². The zero-order chi connectivity index (χ0) is 12.1. The first-order chi connectivity index (χ1) is 8.29. The second-order valence-electron chi connectivity index (χ2n) is 4.73. The summed E-state index contributed by atoms with van der Waals surface area (Å²) in [6.45, 7) is 3.65. The number of nitrogens with zero attached hydrogens (tertiary/aromatic N) is 2. The van der Waals surface area contributed by atoms with E-state index in [1.807, 2.05) is 0 Å². The van der Waals surface area contributed by atoms with E-state index in [2.05, 4.69) is 11.4 Å². The molecule has 2 atom stereocenters. The van der Waals surface area contributed by atoms with Crippen LogP contribution < -0.4 is 5.32 Å². The minimum Gasteiger partial charge on any atom is -0.360 e. The van der Waals surface area contributed by atoms with E-state index < -0.39 is 6.10 Å². The van der Waals surface area contributed by atoms with Gasteiger partial charge in [-0.3, -0.25) is 4.79 Å². The molecule has 2 saturated heterocycles. The van der Waals surface area contributed by atoms with Crippen LogP contribution >= 0.6 is 0 Å². The topological polar surface area (TPSA) is 65.4 Å². The van der Waals surface area contributed by atoms with E-state index in [0.717, 1.165) is 19.5 Å². The molecule has 0 aromatic carbocycles. The molecule has 0 aromatic rings. The fourth-order valence-electron chi connectivity index (χ4n) is 2.40. The third-order valence-electron chi connectivity index (χ3n) is 3.49. The van der Waals surface area contributed by atoms with E-state index >= 15 is 0 Å². The van der Waals surface area contributed by atoms with Crippen LogP contribution in [0.4, 0.5) is 0 Å². The van der Waals surface area contributed by atoms with Gasteiger partial charge in [0.1, 0.15) is 0 Å². The summed E-state index contributed by atoms with van der Waals surface area (Å²) in [6.07, 6.45) is 2.29. The fourth-order valence-corrected chi connectivity index (χ4v) is 2.40. The lowest BCUT2D eigenvalue weighted by molar-refractivity contribution is -0.137. The van der Waals surface area contributed by atoms with Gasteiger partial charge in [-0.25, -0.2) is 0 Å². The summed E-state index contributed by atoms with van der Waals surface area (Å²) in [4.78, 5) is 13.7. The van der Waals surface area contributed by atoms with Gasteiger partial charge >= 0.3 is 0 Å². The van der Waals surface area contributed by atoms with Crippen molar-refractivity contribution in [3.8, 4) is 6.07 Å². The monoisotopic (exact) mass is 237 g/mol. The summed E-state index contributed by atoms with van der Waals surface area (Å²) in [5, 5.41) is 12.1. The molecule has 94 valence electrons. The Balaban J connectivity index is 1.73. The Labute approximate surface area is 102 Å². The predicted octanol–water partition coefficient (Wildman–Crippen LogP) is 0.127. The number of carbonyl (C=O) groups is 1. The summed E-state index contributed by atoms with van der Waals surface area (Å²) in [7, 11) is 0. The van der Waals surface area contributed by atoms with Crippen LogP contribution in [0.5, 0.6) is 0 Å². The number of nitrogens with one attached hydrogen (secondary N) is 1. The number of hydrogen-bond acceptors (Lipinski definition) is 4. The molecule has 0 bridgehead atoms. The van der Waals surface area contributed by atoms with E-state index in [1.165, 1.54) is 6.42 Å². The molecule has 2 aliphatic rings. The van der Waals surface area contributed by atoms with E-state index in [-0.39, 0.29) is 5.91 Å². The maximum atomic E-state index is 12.0. The average Bonchev–Trinajstić information content (AvgIpc) is 2.89. The summed E-state index contributed by atoms with van der Waals surface area (Å²) in [5.41, 5.74) is 0. The molecule has 0 radical (unpaired) electrons. The number of hydrogen-bond donors (Lipinski definition) is 1. The second-order valence-corrected chi connectivity index (χ2v) is 4.73. The third kappa shape index (κ3) is 3.42. The first kappa shape index (κ1) is 12.3. The van der Waals surface area contributed by atoms with Gasteiger partial charge in [-0.05, 0) is 31.8 Å². The highest BCUT2D eigenvalue weighted by molar-refractivity contribution is 5.76. The average molecular weight is 237 g/mol. The van der Waals surface area contributed by atoms with Gasteiger partial charge in [-0.2, -0.15) is 5.26 Å². The summed E-state index contributed by atoms with van der Waals surface area (Å²) in [6, 6.07) is 2.06. The van der Waals surface area contributed by atoms with Crippen LogP contribution in [0.25, 0.3) is 0 Å². The lowest BCUT2D eigenvalue weighted by Crippen LogP contribution is -2.45. The Bertz CT molecular complexity index is 307. The maximum Gasteiger partial charge on any atom is 0.222 e. The van der Waals surface area contributed by atoms with Gasteiger partial charge in [0.15, 0.2) is 6.10 Å². The largest absolute Gasteiger partial charge is 0.360 e.